The van der Waals surface area contributed by atoms with E-state index >= 15 is 0 Å². The molecule has 5 aromatic carbocycles. The number of fused-ring (bicyclic) bond motifs is 6. The Morgan fingerprint density at radius 3 is 1.88 bits per heavy atom. The molecule has 0 aliphatic carbocycles. The summed E-state index contributed by atoms with van der Waals surface area (Å²) < 4.78 is 12.6. The third-order valence-electron chi connectivity index (χ3n) is 6.26. The molecule has 33 heavy (non-hydrogen) atoms. The molecule has 2 aromatic heterocycles. The van der Waals surface area contributed by atoms with Crippen LogP contribution >= 0.6 is 0 Å². The number of rotatable bonds is 3. The number of nitrogens with zero attached hydrogens (tertiary/aromatic N) is 1. The lowest BCUT2D eigenvalue weighted by atomic mass is 10.1. The van der Waals surface area contributed by atoms with Gasteiger partial charge in [-0.15, -0.1) is 0 Å². The van der Waals surface area contributed by atoms with Crippen LogP contribution in [0.25, 0.3) is 43.9 Å². The van der Waals surface area contributed by atoms with Crippen LogP contribution in [0.15, 0.2) is 124 Å². The van der Waals surface area contributed by atoms with Crippen molar-refractivity contribution in [2.24, 2.45) is 0 Å². The predicted molar refractivity (Wildman–Crippen MR) is 136 cm³/mol. The molecule has 0 unspecified atom stereocenters. The van der Waals surface area contributed by atoms with Crippen LogP contribution in [-0.4, -0.2) is 0 Å². The molecule has 0 radical (unpaired) electrons. The summed E-state index contributed by atoms with van der Waals surface area (Å²) in [4.78, 5) is 2.23. The first-order valence-corrected chi connectivity index (χ1v) is 11.0. The van der Waals surface area contributed by atoms with Crippen LogP contribution in [-0.2, 0) is 0 Å². The van der Waals surface area contributed by atoms with Crippen molar-refractivity contribution in [3.05, 3.63) is 115 Å². The highest BCUT2D eigenvalue weighted by molar-refractivity contribution is 6.11. The predicted octanol–water partition coefficient (Wildman–Crippen LogP) is 8.96. The monoisotopic (exact) mass is 425 g/mol. The quantitative estimate of drug-likeness (QED) is 0.283. The Morgan fingerprint density at radius 1 is 0.424 bits per heavy atom. The maximum absolute atomic E-state index is 6.38. The van der Waals surface area contributed by atoms with Crippen molar-refractivity contribution in [2.75, 3.05) is 4.90 Å². The highest BCUT2D eigenvalue weighted by Crippen LogP contribution is 2.43. The fourth-order valence-corrected chi connectivity index (χ4v) is 4.77. The van der Waals surface area contributed by atoms with Crippen LogP contribution < -0.4 is 4.90 Å². The zero-order valence-corrected chi connectivity index (χ0v) is 17.7. The maximum Gasteiger partial charge on any atom is 0.159 e. The SMILES string of the molecule is c1ccc(N(c2ccc3c(c2)oc2ccccc23)c2cccc3c2oc2ccccc23)cc1. The Morgan fingerprint density at radius 2 is 1.06 bits per heavy atom. The van der Waals surface area contributed by atoms with Crippen molar-refractivity contribution in [1.29, 1.82) is 0 Å². The minimum absolute atomic E-state index is 0.867. The van der Waals surface area contributed by atoms with Gasteiger partial charge >= 0.3 is 0 Å². The Labute approximate surface area is 190 Å². The average molecular weight is 425 g/mol. The highest BCUT2D eigenvalue weighted by atomic mass is 16.3. The number of furan rings is 2. The minimum atomic E-state index is 0.867. The molecule has 0 N–H and O–H groups in total. The third kappa shape index (κ3) is 2.76. The number of hydrogen-bond acceptors (Lipinski definition) is 3. The van der Waals surface area contributed by atoms with Crippen molar-refractivity contribution >= 4 is 60.9 Å². The molecule has 0 bridgehead atoms. The maximum atomic E-state index is 6.38. The number of hydrogen-bond donors (Lipinski definition) is 0. The zero-order chi connectivity index (χ0) is 21.8. The molecule has 0 saturated carbocycles. The van der Waals surface area contributed by atoms with E-state index in [4.69, 9.17) is 8.83 Å². The molecular weight excluding hydrogens is 406 g/mol. The zero-order valence-electron chi connectivity index (χ0n) is 17.7. The molecule has 2 heterocycles. The second-order valence-corrected chi connectivity index (χ2v) is 8.20. The summed E-state index contributed by atoms with van der Waals surface area (Å²) in [5.74, 6) is 0. The standard InChI is InChI=1S/C30H19NO2/c1-2-9-20(10-3-1)31(21-17-18-24-22-11-4-6-15-27(22)32-29(24)19-21)26-14-8-13-25-23-12-5-7-16-28(23)33-30(25)26/h1-19H. The van der Waals surface area contributed by atoms with E-state index in [9.17, 15) is 0 Å². The lowest BCUT2D eigenvalue weighted by molar-refractivity contribution is 0.667. The van der Waals surface area contributed by atoms with E-state index in [2.05, 4.69) is 83.8 Å². The molecule has 0 saturated heterocycles. The Bertz CT molecular complexity index is 1780. The summed E-state index contributed by atoms with van der Waals surface area (Å²) in [7, 11) is 0. The molecule has 156 valence electrons. The van der Waals surface area contributed by atoms with E-state index in [1.807, 2.05) is 36.4 Å². The van der Waals surface area contributed by atoms with Crippen molar-refractivity contribution in [1.82, 2.24) is 0 Å². The average Bonchev–Trinajstić information content (AvgIpc) is 3.43. The molecule has 0 fully saturated rings. The normalized spacial score (nSPS) is 11.6. The van der Waals surface area contributed by atoms with Gasteiger partial charge in [0, 0.05) is 33.3 Å². The van der Waals surface area contributed by atoms with Gasteiger partial charge in [0.15, 0.2) is 5.58 Å². The molecule has 7 rings (SSSR count). The van der Waals surface area contributed by atoms with Crippen LogP contribution in [0.2, 0.25) is 0 Å². The summed E-state index contributed by atoms with van der Waals surface area (Å²) in [5, 5.41) is 4.47. The largest absolute Gasteiger partial charge is 0.456 e. The number of anilines is 3. The first kappa shape index (κ1) is 18.1. The second-order valence-electron chi connectivity index (χ2n) is 8.20. The van der Waals surface area contributed by atoms with Gasteiger partial charge in [-0.1, -0.05) is 66.7 Å². The van der Waals surface area contributed by atoms with E-state index in [1.54, 1.807) is 0 Å². The minimum Gasteiger partial charge on any atom is -0.456 e. The second kappa shape index (κ2) is 7.01. The molecule has 0 aliphatic heterocycles. The van der Waals surface area contributed by atoms with Gasteiger partial charge in [-0.25, -0.2) is 0 Å². The molecule has 0 atom stereocenters. The van der Waals surface area contributed by atoms with Crippen LogP contribution in [0.5, 0.6) is 0 Å². The van der Waals surface area contributed by atoms with Gasteiger partial charge in [0.05, 0.1) is 11.4 Å². The van der Waals surface area contributed by atoms with Crippen molar-refractivity contribution < 1.29 is 8.83 Å². The molecular formula is C30H19NO2. The first-order valence-electron chi connectivity index (χ1n) is 11.0. The van der Waals surface area contributed by atoms with E-state index in [0.717, 1.165) is 60.9 Å². The summed E-state index contributed by atoms with van der Waals surface area (Å²) in [5.41, 5.74) is 6.58. The molecule has 0 aliphatic rings. The Kier molecular flexibility index (Phi) is 3.84. The molecule has 3 nitrogen and oxygen atoms in total. The van der Waals surface area contributed by atoms with Crippen LogP contribution in [0.4, 0.5) is 17.1 Å². The molecule has 0 amide bonds. The van der Waals surface area contributed by atoms with E-state index in [-0.39, 0.29) is 0 Å². The van der Waals surface area contributed by atoms with Gasteiger partial charge in [-0.2, -0.15) is 0 Å². The van der Waals surface area contributed by atoms with E-state index in [1.165, 1.54) is 0 Å². The van der Waals surface area contributed by atoms with Gasteiger partial charge in [0.25, 0.3) is 0 Å². The van der Waals surface area contributed by atoms with Crippen LogP contribution in [0, 0.1) is 0 Å². The smallest absolute Gasteiger partial charge is 0.159 e. The fraction of sp³-hybridized carbons (Fsp3) is 0. The first-order chi connectivity index (χ1) is 16.4. The third-order valence-corrected chi connectivity index (χ3v) is 6.26. The van der Waals surface area contributed by atoms with Crippen molar-refractivity contribution in [3.63, 3.8) is 0 Å². The van der Waals surface area contributed by atoms with E-state index < -0.39 is 0 Å². The van der Waals surface area contributed by atoms with Gasteiger partial charge in [-0.3, -0.25) is 0 Å². The van der Waals surface area contributed by atoms with Crippen molar-refractivity contribution in [3.8, 4) is 0 Å². The van der Waals surface area contributed by atoms with Gasteiger partial charge in [0.2, 0.25) is 0 Å². The van der Waals surface area contributed by atoms with E-state index in [0.29, 0.717) is 0 Å². The number of para-hydroxylation sites is 4. The topological polar surface area (TPSA) is 29.5 Å². The van der Waals surface area contributed by atoms with Gasteiger partial charge in [-0.05, 0) is 42.5 Å². The van der Waals surface area contributed by atoms with Crippen molar-refractivity contribution in [2.45, 2.75) is 0 Å². The lowest BCUT2D eigenvalue weighted by Crippen LogP contribution is -2.09. The highest BCUT2D eigenvalue weighted by Gasteiger charge is 2.20. The van der Waals surface area contributed by atoms with Crippen LogP contribution in [0.1, 0.15) is 0 Å². The Hall–Kier alpha value is -4.50. The summed E-state index contributed by atoms with van der Waals surface area (Å²) in [6, 6.07) is 39.5. The van der Waals surface area contributed by atoms with Gasteiger partial charge in [0.1, 0.15) is 16.7 Å². The molecule has 0 spiro atoms. The van der Waals surface area contributed by atoms with Gasteiger partial charge < -0.3 is 13.7 Å². The molecule has 7 aromatic rings. The lowest BCUT2D eigenvalue weighted by Gasteiger charge is -2.25. The summed E-state index contributed by atoms with van der Waals surface area (Å²) in [6.45, 7) is 0. The fourth-order valence-electron chi connectivity index (χ4n) is 4.77. The number of benzene rings is 5. The molecule has 3 heteroatoms. The Balaban J connectivity index is 1.51. The van der Waals surface area contributed by atoms with Crippen LogP contribution in [0.3, 0.4) is 0 Å². The summed E-state index contributed by atoms with van der Waals surface area (Å²) in [6.07, 6.45) is 0. The summed E-state index contributed by atoms with van der Waals surface area (Å²) >= 11 is 0.